The van der Waals surface area contributed by atoms with Gasteiger partial charge in [0.2, 0.25) is 0 Å². The molecule has 1 atom stereocenters. The lowest BCUT2D eigenvalue weighted by Gasteiger charge is -2.06. The van der Waals surface area contributed by atoms with Crippen LogP contribution in [0.3, 0.4) is 0 Å². The van der Waals surface area contributed by atoms with Gasteiger partial charge in [-0.15, -0.1) is 11.3 Å². The summed E-state index contributed by atoms with van der Waals surface area (Å²) in [5, 5.41) is 1.12. The van der Waals surface area contributed by atoms with E-state index in [9.17, 15) is 0 Å². The molecule has 0 saturated carbocycles. The lowest BCUT2D eigenvalue weighted by Crippen LogP contribution is -2.05. The summed E-state index contributed by atoms with van der Waals surface area (Å²) >= 11 is 17.4. The summed E-state index contributed by atoms with van der Waals surface area (Å²) in [5.41, 5.74) is 6.97. The SMILES string of the molecule is CCC(N)c1ccc(-c2ccc(Br)c(Cl)c2Cl)s1. The van der Waals surface area contributed by atoms with Crippen LogP contribution in [0.2, 0.25) is 10.0 Å². The summed E-state index contributed by atoms with van der Waals surface area (Å²) in [5.74, 6) is 0. The third-order valence-electron chi connectivity index (χ3n) is 2.73. The Morgan fingerprint density at radius 1 is 1.22 bits per heavy atom. The van der Waals surface area contributed by atoms with Gasteiger partial charge in [0.25, 0.3) is 0 Å². The molecule has 2 aromatic rings. The molecule has 0 spiro atoms. The van der Waals surface area contributed by atoms with Crippen LogP contribution in [0.25, 0.3) is 10.4 Å². The minimum atomic E-state index is 0.0912. The topological polar surface area (TPSA) is 26.0 Å². The fourth-order valence-corrected chi connectivity index (χ4v) is 3.67. The Bertz CT molecular complexity index is 568. The zero-order valence-electron chi connectivity index (χ0n) is 9.71. The highest BCUT2D eigenvalue weighted by Gasteiger charge is 2.13. The number of hydrogen-bond donors (Lipinski definition) is 1. The standard InChI is InChI=1S/C13H12BrCl2NS/c1-2-9(17)11-6-5-10(18-11)7-3-4-8(14)13(16)12(7)15/h3-6,9H,2,17H2,1H3. The molecule has 0 aliphatic heterocycles. The second-order valence-electron chi connectivity index (χ2n) is 3.94. The first kappa shape index (κ1) is 14.4. The summed E-state index contributed by atoms with van der Waals surface area (Å²) < 4.78 is 0.806. The highest BCUT2D eigenvalue weighted by molar-refractivity contribution is 9.10. The highest BCUT2D eigenvalue weighted by atomic mass is 79.9. The van der Waals surface area contributed by atoms with E-state index in [1.54, 1.807) is 11.3 Å². The van der Waals surface area contributed by atoms with E-state index in [1.165, 1.54) is 4.88 Å². The van der Waals surface area contributed by atoms with Crippen molar-refractivity contribution in [3.63, 3.8) is 0 Å². The maximum atomic E-state index is 6.27. The Kier molecular flexibility index (Phi) is 4.73. The predicted molar refractivity (Wildman–Crippen MR) is 84.7 cm³/mol. The van der Waals surface area contributed by atoms with Gasteiger partial charge < -0.3 is 5.73 Å². The van der Waals surface area contributed by atoms with Crippen molar-refractivity contribution in [2.75, 3.05) is 0 Å². The van der Waals surface area contributed by atoms with Crippen molar-refractivity contribution >= 4 is 50.5 Å². The molecule has 0 amide bonds. The summed E-state index contributed by atoms with van der Waals surface area (Å²) in [6.45, 7) is 2.08. The van der Waals surface area contributed by atoms with Crippen molar-refractivity contribution in [3.8, 4) is 10.4 Å². The van der Waals surface area contributed by atoms with Gasteiger partial charge in [0, 0.05) is 25.8 Å². The van der Waals surface area contributed by atoms with Gasteiger partial charge in [-0.05, 0) is 40.5 Å². The third kappa shape index (κ3) is 2.75. The van der Waals surface area contributed by atoms with E-state index in [4.69, 9.17) is 28.9 Å². The summed E-state index contributed by atoms with van der Waals surface area (Å²) in [7, 11) is 0. The quantitative estimate of drug-likeness (QED) is 0.674. The Hall–Kier alpha value is -0.0600. The second kappa shape index (κ2) is 5.93. The van der Waals surface area contributed by atoms with Crippen LogP contribution in [-0.2, 0) is 0 Å². The largest absolute Gasteiger partial charge is 0.323 e. The number of nitrogens with two attached hydrogens (primary N) is 1. The van der Waals surface area contributed by atoms with E-state index in [0.29, 0.717) is 10.0 Å². The molecule has 0 aliphatic rings. The summed E-state index contributed by atoms with van der Waals surface area (Å²) in [6, 6.07) is 8.06. The summed E-state index contributed by atoms with van der Waals surface area (Å²) in [4.78, 5) is 2.26. The van der Waals surface area contributed by atoms with Crippen molar-refractivity contribution in [2.45, 2.75) is 19.4 Å². The Labute approximate surface area is 129 Å². The first-order chi connectivity index (χ1) is 8.54. The molecule has 1 aromatic carbocycles. The molecule has 18 heavy (non-hydrogen) atoms. The highest BCUT2D eigenvalue weighted by Crippen LogP contribution is 2.41. The molecule has 1 unspecified atom stereocenters. The molecule has 0 aliphatic carbocycles. The fraction of sp³-hybridized carbons (Fsp3) is 0.231. The maximum Gasteiger partial charge on any atom is 0.0740 e. The van der Waals surface area contributed by atoms with Gasteiger partial charge in [-0.25, -0.2) is 0 Å². The minimum Gasteiger partial charge on any atom is -0.323 e. The van der Waals surface area contributed by atoms with Gasteiger partial charge in [0.05, 0.1) is 10.0 Å². The first-order valence-corrected chi connectivity index (χ1v) is 7.90. The van der Waals surface area contributed by atoms with Crippen LogP contribution in [0.5, 0.6) is 0 Å². The molecule has 2 N–H and O–H groups in total. The predicted octanol–water partition coefficient (Wildman–Crippen LogP) is 5.89. The Morgan fingerprint density at radius 2 is 1.94 bits per heavy atom. The van der Waals surface area contributed by atoms with E-state index in [-0.39, 0.29) is 6.04 Å². The Morgan fingerprint density at radius 3 is 2.61 bits per heavy atom. The van der Waals surface area contributed by atoms with Crippen LogP contribution >= 0.6 is 50.5 Å². The van der Waals surface area contributed by atoms with E-state index >= 15 is 0 Å². The lowest BCUT2D eigenvalue weighted by molar-refractivity contribution is 0.712. The molecule has 96 valence electrons. The van der Waals surface area contributed by atoms with E-state index in [1.807, 2.05) is 18.2 Å². The average molecular weight is 365 g/mol. The van der Waals surface area contributed by atoms with Crippen LogP contribution in [0.15, 0.2) is 28.7 Å². The smallest absolute Gasteiger partial charge is 0.0740 e. The molecule has 1 nitrogen and oxygen atoms in total. The van der Waals surface area contributed by atoms with Crippen LogP contribution in [-0.4, -0.2) is 0 Å². The number of thiophene rings is 1. The molecule has 0 bridgehead atoms. The van der Waals surface area contributed by atoms with Gasteiger partial charge in [0.1, 0.15) is 0 Å². The van der Waals surface area contributed by atoms with Gasteiger partial charge >= 0.3 is 0 Å². The van der Waals surface area contributed by atoms with Crippen molar-refractivity contribution in [3.05, 3.63) is 43.7 Å². The Balaban J connectivity index is 2.43. The molecule has 5 heteroatoms. The zero-order chi connectivity index (χ0) is 13.3. The molecule has 1 heterocycles. The molecular weight excluding hydrogens is 353 g/mol. The fourth-order valence-electron chi connectivity index (χ4n) is 1.61. The van der Waals surface area contributed by atoms with Crippen molar-refractivity contribution < 1.29 is 0 Å². The number of hydrogen-bond acceptors (Lipinski definition) is 2. The zero-order valence-corrected chi connectivity index (χ0v) is 13.6. The monoisotopic (exact) mass is 363 g/mol. The lowest BCUT2D eigenvalue weighted by atomic mass is 10.1. The van der Waals surface area contributed by atoms with Crippen molar-refractivity contribution in [1.29, 1.82) is 0 Å². The van der Waals surface area contributed by atoms with E-state index < -0.39 is 0 Å². The van der Waals surface area contributed by atoms with E-state index in [2.05, 4.69) is 28.9 Å². The van der Waals surface area contributed by atoms with Crippen LogP contribution in [0.1, 0.15) is 24.3 Å². The molecular formula is C13H12BrCl2NS. The second-order valence-corrected chi connectivity index (χ2v) is 6.67. The van der Waals surface area contributed by atoms with Crippen LogP contribution < -0.4 is 5.73 Å². The number of benzene rings is 1. The average Bonchev–Trinajstić information content (AvgIpc) is 2.84. The molecule has 0 fully saturated rings. The van der Waals surface area contributed by atoms with Gasteiger partial charge in [0.15, 0.2) is 0 Å². The normalized spacial score (nSPS) is 12.7. The minimum absolute atomic E-state index is 0.0912. The van der Waals surface area contributed by atoms with Crippen LogP contribution in [0.4, 0.5) is 0 Å². The third-order valence-corrected chi connectivity index (χ3v) is 5.75. The molecule has 0 saturated heterocycles. The van der Waals surface area contributed by atoms with E-state index in [0.717, 1.165) is 21.3 Å². The first-order valence-electron chi connectivity index (χ1n) is 5.53. The van der Waals surface area contributed by atoms with Crippen molar-refractivity contribution in [1.82, 2.24) is 0 Å². The van der Waals surface area contributed by atoms with Gasteiger partial charge in [-0.2, -0.15) is 0 Å². The summed E-state index contributed by atoms with van der Waals surface area (Å²) in [6.07, 6.45) is 0.925. The number of rotatable bonds is 3. The number of halogens is 3. The molecule has 0 radical (unpaired) electrons. The van der Waals surface area contributed by atoms with Gasteiger partial charge in [-0.3, -0.25) is 0 Å². The molecule has 2 rings (SSSR count). The molecule has 1 aromatic heterocycles. The maximum absolute atomic E-state index is 6.27. The van der Waals surface area contributed by atoms with Gasteiger partial charge in [-0.1, -0.05) is 36.2 Å². The van der Waals surface area contributed by atoms with Crippen molar-refractivity contribution in [2.24, 2.45) is 5.73 Å². The van der Waals surface area contributed by atoms with Crippen LogP contribution in [0, 0.1) is 0 Å².